The zero-order chi connectivity index (χ0) is 30.2. The fraction of sp³-hybridized carbons (Fsp3) is 0.250. The van der Waals surface area contributed by atoms with Gasteiger partial charge in [0.2, 0.25) is 5.91 Å². The van der Waals surface area contributed by atoms with Crippen LogP contribution in [0.3, 0.4) is 0 Å². The van der Waals surface area contributed by atoms with Crippen molar-refractivity contribution >= 4 is 39.4 Å². The van der Waals surface area contributed by atoms with Crippen LogP contribution >= 0.6 is 0 Å². The lowest BCUT2D eigenvalue weighted by Gasteiger charge is -2.21. The monoisotopic (exact) mass is 579 g/mol. The number of aromatic amines is 2. The van der Waals surface area contributed by atoms with E-state index in [1.165, 1.54) is 0 Å². The summed E-state index contributed by atoms with van der Waals surface area (Å²) in [6.45, 7) is 0.975. The number of benzene rings is 3. The molecule has 0 fully saturated rings. The molecule has 0 radical (unpaired) electrons. The third-order valence-corrected chi connectivity index (χ3v) is 7.55. The van der Waals surface area contributed by atoms with Crippen molar-refractivity contribution in [3.05, 3.63) is 101 Å². The van der Waals surface area contributed by atoms with Crippen molar-refractivity contribution in [3.63, 3.8) is 0 Å². The van der Waals surface area contributed by atoms with Gasteiger partial charge in [0, 0.05) is 55.5 Å². The Morgan fingerprint density at radius 1 is 0.930 bits per heavy atom. The summed E-state index contributed by atoms with van der Waals surface area (Å²) in [5, 5.41) is 19.0. The molecule has 0 aliphatic heterocycles. The van der Waals surface area contributed by atoms with Gasteiger partial charge in [-0.05, 0) is 52.8 Å². The minimum absolute atomic E-state index is 0.141. The molecule has 10 N–H and O–H groups in total. The number of carbonyl (C=O) groups is 2. The number of guanidine groups is 1. The Morgan fingerprint density at radius 3 is 2.44 bits per heavy atom. The van der Waals surface area contributed by atoms with Gasteiger partial charge in [-0.25, -0.2) is 4.98 Å². The molecule has 0 saturated heterocycles. The van der Waals surface area contributed by atoms with Gasteiger partial charge in [-0.15, -0.1) is 0 Å². The van der Waals surface area contributed by atoms with Crippen molar-refractivity contribution < 1.29 is 9.59 Å². The molecule has 0 unspecified atom stereocenters. The second kappa shape index (κ2) is 13.7. The molecule has 43 heavy (non-hydrogen) atoms. The van der Waals surface area contributed by atoms with Crippen LogP contribution in [0.4, 0.5) is 0 Å². The van der Waals surface area contributed by atoms with Gasteiger partial charge in [-0.2, -0.15) is 0 Å². The van der Waals surface area contributed by atoms with E-state index in [0.717, 1.165) is 38.6 Å². The smallest absolute Gasteiger partial charge is 0.252 e. The van der Waals surface area contributed by atoms with Gasteiger partial charge >= 0.3 is 0 Å². The molecular weight excluding hydrogens is 542 g/mol. The second-order valence-corrected chi connectivity index (χ2v) is 10.4. The Labute approximate surface area is 249 Å². The first kappa shape index (κ1) is 29.3. The molecule has 222 valence electrons. The number of hydrogen-bond donors (Lipinski definition) is 8. The number of nitrogens with one attached hydrogen (secondary N) is 6. The van der Waals surface area contributed by atoms with Crippen LogP contribution in [0, 0.1) is 5.41 Å². The fourth-order valence-electron chi connectivity index (χ4n) is 5.48. The average Bonchev–Trinajstić information content (AvgIpc) is 3.68. The maximum atomic E-state index is 13.9. The van der Waals surface area contributed by atoms with Crippen LogP contribution in [-0.4, -0.2) is 51.9 Å². The van der Waals surface area contributed by atoms with E-state index in [-0.39, 0.29) is 24.3 Å². The van der Waals surface area contributed by atoms with Crippen LogP contribution in [0.25, 0.3) is 21.7 Å². The quantitative estimate of drug-likeness (QED) is 0.0601. The number of carbonyl (C=O) groups excluding carboxylic acids is 2. The minimum Gasteiger partial charge on any atom is -0.370 e. The molecule has 0 aliphatic rings. The Bertz CT molecular complexity index is 1730. The van der Waals surface area contributed by atoms with Gasteiger partial charge in [0.05, 0.1) is 5.56 Å². The summed E-state index contributed by atoms with van der Waals surface area (Å²) >= 11 is 0. The number of aromatic nitrogens is 3. The lowest BCUT2D eigenvalue weighted by atomic mass is 9.92. The highest BCUT2D eigenvalue weighted by Gasteiger charge is 2.24. The molecule has 5 aromatic rings. The largest absolute Gasteiger partial charge is 0.370 e. The maximum Gasteiger partial charge on any atom is 0.252 e. The van der Waals surface area contributed by atoms with Crippen molar-refractivity contribution in [2.45, 2.75) is 38.3 Å². The lowest BCUT2D eigenvalue weighted by molar-refractivity contribution is -0.123. The number of hydrogen-bond acceptors (Lipinski definition) is 5. The number of amides is 2. The lowest BCUT2D eigenvalue weighted by Crippen LogP contribution is -2.47. The summed E-state index contributed by atoms with van der Waals surface area (Å²) < 4.78 is 0. The molecule has 2 aromatic heterocycles. The summed E-state index contributed by atoms with van der Waals surface area (Å²) in [7, 11) is 0. The number of fused-ring (bicyclic) bond motifs is 2. The summed E-state index contributed by atoms with van der Waals surface area (Å²) in [6.07, 6.45) is 7.53. The number of para-hydroxylation sites is 1. The zero-order valence-electron chi connectivity index (χ0n) is 23.9. The first-order valence-electron chi connectivity index (χ1n) is 14.4. The van der Waals surface area contributed by atoms with Gasteiger partial charge < -0.3 is 37.4 Å². The molecule has 0 saturated carbocycles. The van der Waals surface area contributed by atoms with E-state index in [1.54, 1.807) is 12.4 Å². The Kier molecular flexibility index (Phi) is 9.33. The number of nitrogens with two attached hydrogens (primary N) is 2. The van der Waals surface area contributed by atoms with Crippen LogP contribution in [0.2, 0.25) is 0 Å². The summed E-state index contributed by atoms with van der Waals surface area (Å²) in [4.78, 5) is 38.1. The maximum absolute atomic E-state index is 13.9. The van der Waals surface area contributed by atoms with Gasteiger partial charge in [0.15, 0.2) is 5.96 Å². The van der Waals surface area contributed by atoms with E-state index in [0.29, 0.717) is 49.9 Å². The van der Waals surface area contributed by atoms with Crippen LogP contribution < -0.4 is 27.4 Å². The molecule has 5 rings (SSSR count). The van der Waals surface area contributed by atoms with E-state index in [2.05, 4.69) is 30.9 Å². The van der Waals surface area contributed by atoms with E-state index >= 15 is 0 Å². The molecule has 2 amide bonds. The van der Waals surface area contributed by atoms with E-state index in [1.807, 2.05) is 60.8 Å². The molecule has 11 nitrogen and oxygen atoms in total. The first-order chi connectivity index (χ1) is 20.9. The van der Waals surface area contributed by atoms with Gasteiger partial charge in [-0.1, -0.05) is 48.5 Å². The van der Waals surface area contributed by atoms with Gasteiger partial charge in [-0.3, -0.25) is 15.0 Å². The van der Waals surface area contributed by atoms with Gasteiger partial charge in [0.25, 0.3) is 5.91 Å². The molecule has 0 aliphatic carbocycles. The number of rotatable bonds is 13. The molecule has 11 heteroatoms. The predicted octanol–water partition coefficient (Wildman–Crippen LogP) is 2.81. The Hall–Kier alpha value is -5.16. The molecular formula is C32H37N9O2. The highest BCUT2D eigenvalue weighted by atomic mass is 16.2. The fourth-order valence-corrected chi connectivity index (χ4v) is 5.48. The van der Waals surface area contributed by atoms with Crippen molar-refractivity contribution in [1.82, 2.24) is 30.9 Å². The van der Waals surface area contributed by atoms with E-state index < -0.39 is 6.04 Å². The minimum atomic E-state index is -0.795. The summed E-state index contributed by atoms with van der Waals surface area (Å²) in [6, 6.07) is 16.9. The molecule has 0 spiro atoms. The van der Waals surface area contributed by atoms with Gasteiger partial charge in [0.1, 0.15) is 11.9 Å². The Balaban J connectivity index is 1.35. The summed E-state index contributed by atoms with van der Waals surface area (Å²) in [5.41, 5.74) is 15.9. The normalized spacial score (nSPS) is 11.8. The van der Waals surface area contributed by atoms with Crippen molar-refractivity contribution in [3.8, 4) is 0 Å². The van der Waals surface area contributed by atoms with E-state index in [9.17, 15) is 9.59 Å². The number of imidazole rings is 1. The molecule has 0 bridgehead atoms. The highest BCUT2D eigenvalue weighted by molar-refractivity contribution is 6.10. The SMILES string of the molecule is N=C(N)NCCC[C@H](NC(=O)c1c(CN)cc(Cc2ncc[nH]2)c2ccccc12)C(=O)NCCc1c[nH]c2ccccc12. The van der Waals surface area contributed by atoms with Crippen molar-refractivity contribution in [2.75, 3.05) is 13.1 Å². The second-order valence-electron chi connectivity index (χ2n) is 10.4. The number of nitrogens with zero attached hydrogens (tertiary/aromatic N) is 1. The third-order valence-electron chi connectivity index (χ3n) is 7.55. The van der Waals surface area contributed by atoms with Crippen LogP contribution in [0.1, 0.15) is 45.7 Å². The topological polar surface area (TPSA) is 191 Å². The van der Waals surface area contributed by atoms with Crippen LogP contribution in [-0.2, 0) is 24.2 Å². The van der Waals surface area contributed by atoms with Crippen LogP contribution in [0.5, 0.6) is 0 Å². The molecule has 2 heterocycles. The third kappa shape index (κ3) is 7.02. The highest BCUT2D eigenvalue weighted by Crippen LogP contribution is 2.28. The average molecular weight is 580 g/mol. The zero-order valence-corrected chi connectivity index (χ0v) is 23.9. The van der Waals surface area contributed by atoms with Crippen molar-refractivity contribution in [1.29, 1.82) is 5.41 Å². The predicted molar refractivity (Wildman–Crippen MR) is 169 cm³/mol. The standard InChI is InChI=1S/C32H37N9O2/c33-18-22-16-21(17-28-36-14-15-37-28)23-6-1-2-8-25(23)29(22)31(43)41-27(10-5-12-39-32(34)35)30(42)38-13-11-20-19-40-26-9-4-3-7-24(20)26/h1-4,6-9,14-16,19,27,40H,5,10-13,17-18,33H2,(H,36,37)(H,38,42)(H,41,43)(H4,34,35,39)/t27-/m0/s1. The molecule has 3 aromatic carbocycles. The van der Waals surface area contributed by atoms with Crippen molar-refractivity contribution in [2.24, 2.45) is 11.5 Å². The van der Waals surface area contributed by atoms with Crippen LogP contribution in [0.15, 0.2) is 73.2 Å². The number of H-pyrrole nitrogens is 2. The Morgan fingerprint density at radius 2 is 1.70 bits per heavy atom. The first-order valence-corrected chi connectivity index (χ1v) is 14.4. The summed E-state index contributed by atoms with van der Waals surface area (Å²) in [5.74, 6) is 0.0351. The van der Waals surface area contributed by atoms with E-state index in [4.69, 9.17) is 16.9 Å². The molecule has 1 atom stereocenters.